The Morgan fingerprint density at radius 3 is 2.11 bits per heavy atom. The van der Waals surface area contributed by atoms with Crippen molar-refractivity contribution in [3.8, 4) is 11.5 Å². The molecule has 0 saturated heterocycles. The summed E-state index contributed by atoms with van der Waals surface area (Å²) in [6.07, 6.45) is 0.193. The molecule has 0 radical (unpaired) electrons. The number of rotatable bonds is 7. The summed E-state index contributed by atoms with van der Waals surface area (Å²) in [6.45, 7) is 1.71. The maximum atomic E-state index is 12.6. The smallest absolute Gasteiger partial charge is 0.331 e. The second-order valence-electron chi connectivity index (χ2n) is 6.18. The van der Waals surface area contributed by atoms with Gasteiger partial charge >= 0.3 is 5.97 Å². The molecule has 1 unspecified atom stereocenters. The van der Waals surface area contributed by atoms with Gasteiger partial charge in [-0.15, -0.1) is 0 Å². The summed E-state index contributed by atoms with van der Waals surface area (Å²) in [6, 6.07) is 23.7. The van der Waals surface area contributed by atoms with Gasteiger partial charge in [0.1, 0.15) is 11.5 Å². The van der Waals surface area contributed by atoms with Crippen molar-refractivity contribution >= 4 is 17.6 Å². The summed E-state index contributed by atoms with van der Waals surface area (Å²) >= 11 is 0. The number of carboxylic acid groups (broad SMARTS) is 1. The van der Waals surface area contributed by atoms with Crippen LogP contribution in [0.1, 0.15) is 24.9 Å². The molecule has 142 valence electrons. The molecule has 0 saturated carbocycles. The van der Waals surface area contributed by atoms with E-state index < -0.39 is 12.0 Å². The lowest BCUT2D eigenvalue weighted by Crippen LogP contribution is -2.38. The minimum atomic E-state index is -1.16. The third-order valence-electron chi connectivity index (χ3n) is 4.25. The summed E-state index contributed by atoms with van der Waals surface area (Å²) in [5.74, 6) is -0.224. The summed E-state index contributed by atoms with van der Waals surface area (Å²) < 4.78 is 5.82. The minimum absolute atomic E-state index is 0.193. The van der Waals surface area contributed by atoms with Gasteiger partial charge in [0, 0.05) is 12.1 Å². The zero-order valence-electron chi connectivity index (χ0n) is 15.5. The van der Waals surface area contributed by atoms with Crippen LogP contribution in [-0.4, -0.2) is 17.0 Å². The highest BCUT2D eigenvalue weighted by molar-refractivity contribution is 5.99. The van der Waals surface area contributed by atoms with Crippen LogP contribution in [0.25, 0.3) is 0 Å². The molecule has 0 bridgehead atoms. The summed E-state index contributed by atoms with van der Waals surface area (Å²) in [5.41, 5.74) is 1.00. The number of hydrogen-bond donors (Lipinski definition) is 1. The molecule has 0 aliphatic rings. The van der Waals surface area contributed by atoms with Crippen LogP contribution in [0.15, 0.2) is 84.9 Å². The van der Waals surface area contributed by atoms with Crippen molar-refractivity contribution in [3.05, 3.63) is 90.5 Å². The first-order valence-corrected chi connectivity index (χ1v) is 9.03. The van der Waals surface area contributed by atoms with Crippen LogP contribution in [0.2, 0.25) is 0 Å². The van der Waals surface area contributed by atoms with Gasteiger partial charge in [0.15, 0.2) is 6.04 Å². The van der Waals surface area contributed by atoms with Gasteiger partial charge in [0.25, 0.3) is 0 Å². The number of aliphatic carboxylic acids is 1. The Bertz CT molecular complexity index is 941. The number of ether oxygens (including phenoxy) is 1. The highest BCUT2D eigenvalue weighted by Gasteiger charge is 2.32. The number of nitrogens with zero attached hydrogens (tertiary/aromatic N) is 1. The van der Waals surface area contributed by atoms with Gasteiger partial charge in [-0.2, -0.15) is 0 Å². The predicted molar refractivity (Wildman–Crippen MR) is 108 cm³/mol. The zero-order chi connectivity index (χ0) is 19.9. The Balaban J connectivity index is 2.00. The Morgan fingerprint density at radius 2 is 1.50 bits per heavy atom. The van der Waals surface area contributed by atoms with Crippen molar-refractivity contribution in [1.82, 2.24) is 0 Å². The van der Waals surface area contributed by atoms with E-state index in [0.717, 1.165) is 0 Å². The van der Waals surface area contributed by atoms with E-state index in [1.54, 1.807) is 55.5 Å². The number of anilines is 1. The molecular formula is C23H21NO4. The Kier molecular flexibility index (Phi) is 6.07. The first-order chi connectivity index (χ1) is 13.6. The Morgan fingerprint density at radius 1 is 0.893 bits per heavy atom. The lowest BCUT2D eigenvalue weighted by molar-refractivity contribution is -0.140. The number of carboxylic acids is 1. The highest BCUT2D eigenvalue weighted by Crippen LogP contribution is 2.31. The van der Waals surface area contributed by atoms with Gasteiger partial charge in [-0.25, -0.2) is 4.79 Å². The zero-order valence-corrected chi connectivity index (χ0v) is 15.5. The molecule has 0 aromatic heterocycles. The van der Waals surface area contributed by atoms with Crippen molar-refractivity contribution in [3.63, 3.8) is 0 Å². The van der Waals surface area contributed by atoms with Gasteiger partial charge in [-0.05, 0) is 42.0 Å². The Labute approximate surface area is 163 Å². The molecule has 5 heteroatoms. The number of carbonyl (C=O) groups is 2. The van der Waals surface area contributed by atoms with Crippen LogP contribution in [0, 0.1) is 0 Å². The Hall–Kier alpha value is -3.60. The van der Waals surface area contributed by atoms with Crippen molar-refractivity contribution in [1.29, 1.82) is 0 Å². The third kappa shape index (κ3) is 4.38. The van der Waals surface area contributed by atoms with Gasteiger partial charge < -0.3 is 9.84 Å². The van der Waals surface area contributed by atoms with Crippen LogP contribution in [0.3, 0.4) is 0 Å². The van der Waals surface area contributed by atoms with E-state index in [1.165, 1.54) is 4.90 Å². The summed E-state index contributed by atoms with van der Waals surface area (Å²) in [5, 5.41) is 9.95. The van der Waals surface area contributed by atoms with Gasteiger partial charge in [0.2, 0.25) is 5.91 Å². The van der Waals surface area contributed by atoms with Crippen LogP contribution in [-0.2, 0) is 9.59 Å². The van der Waals surface area contributed by atoms with E-state index in [0.29, 0.717) is 22.7 Å². The molecule has 5 nitrogen and oxygen atoms in total. The number of benzene rings is 3. The molecule has 0 aliphatic carbocycles. The molecule has 3 rings (SSSR count). The average Bonchev–Trinajstić information content (AvgIpc) is 2.72. The second kappa shape index (κ2) is 8.86. The SMILES string of the molecule is CCC(=O)N(c1ccccc1)C(C(=O)O)c1cccc(Oc2ccccc2)c1. The van der Waals surface area contributed by atoms with Crippen LogP contribution >= 0.6 is 0 Å². The molecule has 3 aromatic rings. The fraction of sp³-hybridized carbons (Fsp3) is 0.130. The lowest BCUT2D eigenvalue weighted by Gasteiger charge is -2.29. The maximum absolute atomic E-state index is 12.6. The molecule has 0 heterocycles. The lowest BCUT2D eigenvalue weighted by atomic mass is 10.0. The van der Waals surface area contributed by atoms with Gasteiger partial charge in [0.05, 0.1) is 0 Å². The number of para-hydroxylation sites is 2. The third-order valence-corrected chi connectivity index (χ3v) is 4.25. The fourth-order valence-corrected chi connectivity index (χ4v) is 2.97. The van der Waals surface area contributed by atoms with Crippen molar-refractivity contribution in [2.24, 2.45) is 0 Å². The largest absolute Gasteiger partial charge is 0.479 e. The van der Waals surface area contributed by atoms with Crippen molar-refractivity contribution in [2.75, 3.05) is 4.90 Å². The molecular weight excluding hydrogens is 354 g/mol. The van der Waals surface area contributed by atoms with Gasteiger partial charge in [-0.3, -0.25) is 9.69 Å². The summed E-state index contributed by atoms with van der Waals surface area (Å²) in [7, 11) is 0. The standard InChI is InChI=1S/C23H21NO4/c1-2-21(25)24(18-11-5-3-6-12-18)22(23(26)27)17-10-9-15-20(16-17)28-19-13-7-4-8-14-19/h3-16,22H,2H2,1H3,(H,26,27). The van der Waals surface area contributed by atoms with Crippen LogP contribution in [0.5, 0.6) is 11.5 Å². The topological polar surface area (TPSA) is 66.8 Å². The van der Waals surface area contributed by atoms with E-state index in [2.05, 4.69) is 0 Å². The average molecular weight is 375 g/mol. The number of hydrogen-bond acceptors (Lipinski definition) is 3. The molecule has 1 N–H and O–H groups in total. The normalized spacial score (nSPS) is 11.5. The number of amides is 1. The molecule has 3 aromatic carbocycles. The summed E-state index contributed by atoms with van der Waals surface area (Å²) in [4.78, 5) is 26.1. The molecule has 0 spiro atoms. The molecule has 28 heavy (non-hydrogen) atoms. The first kappa shape index (κ1) is 19.2. The number of carbonyl (C=O) groups excluding carboxylic acids is 1. The molecule has 1 atom stereocenters. The molecule has 0 aliphatic heterocycles. The van der Waals surface area contributed by atoms with E-state index in [9.17, 15) is 14.7 Å². The monoisotopic (exact) mass is 375 g/mol. The van der Waals surface area contributed by atoms with E-state index >= 15 is 0 Å². The van der Waals surface area contributed by atoms with Crippen LogP contribution < -0.4 is 9.64 Å². The van der Waals surface area contributed by atoms with Gasteiger partial charge in [-0.1, -0.05) is 55.5 Å². The second-order valence-corrected chi connectivity index (χ2v) is 6.18. The van der Waals surface area contributed by atoms with E-state index in [-0.39, 0.29) is 12.3 Å². The fourth-order valence-electron chi connectivity index (χ4n) is 2.97. The first-order valence-electron chi connectivity index (χ1n) is 9.03. The molecule has 0 fully saturated rings. The van der Waals surface area contributed by atoms with Crippen molar-refractivity contribution in [2.45, 2.75) is 19.4 Å². The van der Waals surface area contributed by atoms with Crippen molar-refractivity contribution < 1.29 is 19.4 Å². The quantitative estimate of drug-likeness (QED) is 0.628. The van der Waals surface area contributed by atoms with E-state index in [4.69, 9.17) is 4.74 Å². The maximum Gasteiger partial charge on any atom is 0.331 e. The van der Waals surface area contributed by atoms with E-state index in [1.807, 2.05) is 36.4 Å². The highest BCUT2D eigenvalue weighted by atomic mass is 16.5. The molecule has 1 amide bonds. The predicted octanol–water partition coefficient (Wildman–Crippen LogP) is 5.05. The van der Waals surface area contributed by atoms with Crippen LogP contribution in [0.4, 0.5) is 5.69 Å². The minimum Gasteiger partial charge on any atom is -0.479 e.